The van der Waals surface area contributed by atoms with E-state index in [-0.39, 0.29) is 11.4 Å². The summed E-state index contributed by atoms with van der Waals surface area (Å²) in [5, 5.41) is 8.60. The van der Waals surface area contributed by atoms with E-state index in [2.05, 4.69) is 31.9 Å². The van der Waals surface area contributed by atoms with Crippen LogP contribution in [0.1, 0.15) is 5.56 Å². The monoisotopic (exact) mass is 373 g/mol. The van der Waals surface area contributed by atoms with E-state index in [0.717, 1.165) is 0 Å². The van der Waals surface area contributed by atoms with Crippen LogP contribution in [0.4, 0.5) is 4.39 Å². The lowest BCUT2D eigenvalue weighted by Crippen LogP contribution is -2.32. The number of benzene rings is 1. The SMILES string of the molecule is N[C@@H](Cc1c(Br)cc(F)c(Cl)c1Br)C(=O)O. The number of nitrogens with two attached hydrogens (primary N) is 1. The van der Waals surface area contributed by atoms with Gasteiger partial charge in [0.15, 0.2) is 0 Å². The third-order valence-electron chi connectivity index (χ3n) is 1.95. The average molecular weight is 375 g/mol. The predicted molar refractivity (Wildman–Crippen MR) is 66.1 cm³/mol. The van der Waals surface area contributed by atoms with Gasteiger partial charge in [-0.2, -0.15) is 0 Å². The van der Waals surface area contributed by atoms with Crippen molar-refractivity contribution in [2.24, 2.45) is 5.73 Å². The lowest BCUT2D eigenvalue weighted by atomic mass is 10.1. The molecule has 0 heterocycles. The molecule has 3 nitrogen and oxygen atoms in total. The zero-order chi connectivity index (χ0) is 12.5. The van der Waals surface area contributed by atoms with E-state index in [1.807, 2.05) is 0 Å². The molecule has 0 bridgehead atoms. The molecule has 1 atom stereocenters. The molecule has 0 fully saturated rings. The Morgan fingerprint density at radius 2 is 2.19 bits per heavy atom. The van der Waals surface area contributed by atoms with E-state index in [0.29, 0.717) is 14.5 Å². The first kappa shape index (κ1) is 13.9. The van der Waals surface area contributed by atoms with Crippen LogP contribution in [0.3, 0.4) is 0 Å². The highest BCUT2D eigenvalue weighted by Gasteiger charge is 2.19. The maximum Gasteiger partial charge on any atom is 0.320 e. The largest absolute Gasteiger partial charge is 0.480 e. The molecule has 1 aromatic carbocycles. The van der Waals surface area contributed by atoms with Gasteiger partial charge >= 0.3 is 5.97 Å². The molecular formula is C9H7Br2ClFNO2. The fourth-order valence-electron chi connectivity index (χ4n) is 1.10. The van der Waals surface area contributed by atoms with E-state index in [1.54, 1.807) is 0 Å². The summed E-state index contributed by atoms with van der Waals surface area (Å²) in [5.74, 6) is -1.72. The van der Waals surface area contributed by atoms with Crippen molar-refractivity contribution in [3.05, 3.63) is 31.4 Å². The van der Waals surface area contributed by atoms with Gasteiger partial charge in [-0.15, -0.1) is 0 Å². The van der Waals surface area contributed by atoms with Crippen molar-refractivity contribution < 1.29 is 14.3 Å². The van der Waals surface area contributed by atoms with E-state index < -0.39 is 17.8 Å². The van der Waals surface area contributed by atoms with Crippen LogP contribution in [0.5, 0.6) is 0 Å². The Kier molecular flexibility index (Phi) is 4.73. The quantitative estimate of drug-likeness (QED) is 0.631. The summed E-state index contributed by atoms with van der Waals surface area (Å²) in [6.45, 7) is 0. The number of hydrogen-bond donors (Lipinski definition) is 2. The van der Waals surface area contributed by atoms with Crippen LogP contribution in [0, 0.1) is 5.82 Å². The third-order valence-corrected chi connectivity index (χ3v) is 4.13. The smallest absolute Gasteiger partial charge is 0.320 e. The van der Waals surface area contributed by atoms with Crippen LogP contribution < -0.4 is 5.73 Å². The standard InChI is InChI=1S/C9H7Br2ClFNO2/c10-4-2-5(13)8(12)7(11)3(4)1-6(14)9(15)16/h2,6H,1,14H2,(H,15,16)/t6-/m0/s1. The molecule has 1 aromatic rings. The van der Waals surface area contributed by atoms with Gasteiger partial charge in [0.1, 0.15) is 11.9 Å². The highest BCUT2D eigenvalue weighted by Crippen LogP contribution is 2.35. The second-order valence-corrected chi connectivity index (χ2v) is 5.12. The minimum Gasteiger partial charge on any atom is -0.480 e. The topological polar surface area (TPSA) is 63.3 Å². The molecule has 3 N–H and O–H groups in total. The number of carboxylic acid groups (broad SMARTS) is 1. The summed E-state index contributed by atoms with van der Waals surface area (Å²) >= 11 is 11.9. The van der Waals surface area contributed by atoms with Crippen LogP contribution in [0.2, 0.25) is 5.02 Å². The molecule has 0 spiro atoms. The second kappa shape index (κ2) is 5.44. The summed E-state index contributed by atoms with van der Waals surface area (Å²) in [6, 6.07) is 0.117. The van der Waals surface area contributed by atoms with E-state index >= 15 is 0 Å². The molecule has 0 aromatic heterocycles. The summed E-state index contributed by atoms with van der Waals surface area (Å²) in [5.41, 5.74) is 5.93. The van der Waals surface area contributed by atoms with Gasteiger partial charge in [0.25, 0.3) is 0 Å². The number of rotatable bonds is 3. The van der Waals surface area contributed by atoms with E-state index in [9.17, 15) is 9.18 Å². The zero-order valence-corrected chi connectivity index (χ0v) is 11.7. The van der Waals surface area contributed by atoms with Crippen molar-refractivity contribution in [3.8, 4) is 0 Å². The molecule has 0 aliphatic heterocycles. The van der Waals surface area contributed by atoms with E-state index in [1.165, 1.54) is 6.07 Å². The normalized spacial score (nSPS) is 12.6. The molecule has 0 radical (unpaired) electrons. The maximum absolute atomic E-state index is 13.2. The molecule has 7 heteroatoms. The summed E-state index contributed by atoms with van der Waals surface area (Å²) in [7, 11) is 0. The third kappa shape index (κ3) is 2.94. The lowest BCUT2D eigenvalue weighted by Gasteiger charge is -2.12. The molecule has 0 aliphatic rings. The van der Waals surface area contributed by atoms with Gasteiger partial charge in [0.2, 0.25) is 0 Å². The Hall–Kier alpha value is -0.170. The van der Waals surface area contributed by atoms with Crippen molar-refractivity contribution >= 4 is 49.4 Å². The molecule has 1 rings (SSSR count). The number of halogens is 4. The van der Waals surface area contributed by atoms with Gasteiger partial charge < -0.3 is 10.8 Å². The van der Waals surface area contributed by atoms with Crippen LogP contribution in [0.25, 0.3) is 0 Å². The molecule has 0 saturated carbocycles. The van der Waals surface area contributed by atoms with Gasteiger partial charge in [0.05, 0.1) is 5.02 Å². The first-order valence-corrected chi connectivity index (χ1v) is 6.11. The molecule has 0 unspecified atom stereocenters. The van der Waals surface area contributed by atoms with Crippen molar-refractivity contribution in [1.29, 1.82) is 0 Å². The molecule has 88 valence electrons. The molecule has 0 aliphatic carbocycles. The molecule has 0 saturated heterocycles. The van der Waals surface area contributed by atoms with E-state index in [4.69, 9.17) is 22.4 Å². The van der Waals surface area contributed by atoms with Crippen LogP contribution in [0.15, 0.2) is 15.0 Å². The Morgan fingerprint density at radius 1 is 1.62 bits per heavy atom. The van der Waals surface area contributed by atoms with Crippen molar-refractivity contribution in [2.75, 3.05) is 0 Å². The Morgan fingerprint density at radius 3 is 2.69 bits per heavy atom. The second-order valence-electron chi connectivity index (χ2n) is 3.10. The average Bonchev–Trinajstić information content (AvgIpc) is 2.20. The van der Waals surface area contributed by atoms with Crippen molar-refractivity contribution in [2.45, 2.75) is 12.5 Å². The fraction of sp³-hybridized carbons (Fsp3) is 0.222. The Balaban J connectivity index is 3.14. The maximum atomic E-state index is 13.2. The van der Waals surface area contributed by atoms with Gasteiger partial charge in [-0.05, 0) is 27.6 Å². The van der Waals surface area contributed by atoms with Gasteiger partial charge in [-0.1, -0.05) is 27.5 Å². The number of aliphatic carboxylic acids is 1. The lowest BCUT2D eigenvalue weighted by molar-refractivity contribution is -0.138. The number of carboxylic acids is 1. The minimum absolute atomic E-state index is 0.0521. The van der Waals surface area contributed by atoms with Crippen LogP contribution >= 0.6 is 43.5 Å². The highest BCUT2D eigenvalue weighted by molar-refractivity contribution is 9.11. The van der Waals surface area contributed by atoms with Gasteiger partial charge in [-0.25, -0.2) is 4.39 Å². The van der Waals surface area contributed by atoms with Gasteiger partial charge in [0, 0.05) is 15.4 Å². The Labute approximate surface area is 113 Å². The zero-order valence-electron chi connectivity index (χ0n) is 7.81. The minimum atomic E-state index is -1.13. The molecular weight excluding hydrogens is 368 g/mol. The summed E-state index contributed by atoms with van der Waals surface area (Å²) in [6.07, 6.45) is 0.0521. The molecule has 16 heavy (non-hydrogen) atoms. The van der Waals surface area contributed by atoms with Crippen LogP contribution in [-0.4, -0.2) is 17.1 Å². The first-order chi connectivity index (χ1) is 7.34. The molecule has 0 amide bonds. The number of carbonyl (C=O) groups is 1. The van der Waals surface area contributed by atoms with Crippen LogP contribution in [-0.2, 0) is 11.2 Å². The summed E-state index contributed by atoms with van der Waals surface area (Å²) in [4.78, 5) is 10.6. The highest BCUT2D eigenvalue weighted by atomic mass is 79.9. The summed E-state index contributed by atoms with van der Waals surface area (Å²) < 4.78 is 13.9. The number of hydrogen-bond acceptors (Lipinski definition) is 2. The fourth-order valence-corrected chi connectivity index (χ4v) is 2.66. The van der Waals surface area contributed by atoms with Crippen molar-refractivity contribution in [1.82, 2.24) is 0 Å². The van der Waals surface area contributed by atoms with Crippen molar-refractivity contribution in [3.63, 3.8) is 0 Å². The Bertz CT molecular complexity index is 442. The predicted octanol–water partition coefficient (Wildman–Crippen LogP) is 2.96. The first-order valence-electron chi connectivity index (χ1n) is 4.14. The van der Waals surface area contributed by atoms with Gasteiger partial charge in [-0.3, -0.25) is 4.79 Å².